The molecule has 2 spiro atoms. The minimum Gasteiger partial charge on any atom is -0.504 e. The lowest BCUT2D eigenvalue weighted by Crippen LogP contribution is -2.82. The molecule has 30 heavy (non-hydrogen) atoms. The average Bonchev–Trinajstić information content (AvgIpc) is 3.03. The lowest BCUT2D eigenvalue weighted by Gasteiger charge is -2.74. The second kappa shape index (κ2) is 5.19. The van der Waals surface area contributed by atoms with Crippen molar-refractivity contribution in [3.8, 4) is 11.5 Å². The molecule has 5 heteroatoms. The molecule has 5 nitrogen and oxygen atoms in total. The predicted molar refractivity (Wildman–Crippen MR) is 114 cm³/mol. The Hall–Kier alpha value is -1.30. The molecule has 3 N–H and O–H groups in total. The van der Waals surface area contributed by atoms with Gasteiger partial charge in [0.25, 0.3) is 0 Å². The first-order valence-electron chi connectivity index (χ1n) is 11.6. The molecule has 0 amide bonds. The van der Waals surface area contributed by atoms with Gasteiger partial charge in [-0.15, -0.1) is 0 Å². The van der Waals surface area contributed by atoms with Crippen LogP contribution in [-0.4, -0.2) is 57.2 Å². The highest BCUT2D eigenvalue weighted by atomic mass is 16.5. The Labute approximate surface area is 179 Å². The minimum atomic E-state index is -1.11. The van der Waals surface area contributed by atoms with Crippen molar-refractivity contribution in [3.05, 3.63) is 23.3 Å². The van der Waals surface area contributed by atoms with Crippen molar-refractivity contribution in [2.75, 3.05) is 13.6 Å². The summed E-state index contributed by atoms with van der Waals surface area (Å²) in [6, 6.07) is 4.18. The Bertz CT molecular complexity index is 951. The van der Waals surface area contributed by atoms with Gasteiger partial charge in [0.1, 0.15) is 11.7 Å². The Balaban J connectivity index is 1.64. The van der Waals surface area contributed by atoms with Crippen LogP contribution >= 0.6 is 0 Å². The lowest BCUT2D eigenvalue weighted by atomic mass is 9.33. The number of fused-ring (bicyclic) bond motifs is 2. The van der Waals surface area contributed by atoms with Crippen molar-refractivity contribution in [2.24, 2.45) is 16.7 Å². The van der Waals surface area contributed by atoms with Gasteiger partial charge in [-0.2, -0.15) is 0 Å². The van der Waals surface area contributed by atoms with Gasteiger partial charge in [-0.05, 0) is 69.7 Å². The number of piperidine rings is 1. The molecule has 4 fully saturated rings. The smallest absolute Gasteiger partial charge is 0.165 e. The normalized spacial score (nSPS) is 45.6. The summed E-state index contributed by atoms with van der Waals surface area (Å²) in [5.74, 6) is 0.511. The largest absolute Gasteiger partial charge is 0.504 e. The molecule has 0 radical (unpaired) electrons. The standard InChI is InChI=1S/C25H35NO4/c1-21(2,3)22(4,28)16-13-23-8-9-25(16,29)20-24(23)10-11-26(5)17(23)12-14-6-7-15(27)19(30-20)18(14)24/h6-7,16-17,20,27-29H,8-13H2,1-5H3/t16-,17-,20-,22+,23?,24+,25-/m1/s1. The fraction of sp³-hybridized carbons (Fsp3) is 0.760. The van der Waals surface area contributed by atoms with E-state index in [1.54, 1.807) is 6.07 Å². The summed E-state index contributed by atoms with van der Waals surface area (Å²) in [5, 5.41) is 34.9. The fourth-order valence-corrected chi connectivity index (χ4v) is 8.54. The zero-order valence-corrected chi connectivity index (χ0v) is 18.8. The van der Waals surface area contributed by atoms with E-state index in [1.807, 2.05) is 6.92 Å². The summed E-state index contributed by atoms with van der Waals surface area (Å²) in [6.45, 7) is 9.07. The predicted octanol–water partition coefficient (Wildman–Crippen LogP) is 2.98. The number of likely N-dealkylation sites (N-methyl/N-ethyl adjacent to an activating group) is 1. The zero-order valence-electron chi connectivity index (χ0n) is 18.8. The van der Waals surface area contributed by atoms with Gasteiger partial charge in [0.15, 0.2) is 11.5 Å². The Kier molecular flexibility index (Phi) is 3.35. The Morgan fingerprint density at radius 2 is 1.87 bits per heavy atom. The molecule has 1 saturated heterocycles. The molecule has 2 aliphatic heterocycles. The second-order valence-corrected chi connectivity index (χ2v) is 12.2. The van der Waals surface area contributed by atoms with E-state index >= 15 is 0 Å². The Morgan fingerprint density at radius 3 is 2.57 bits per heavy atom. The topological polar surface area (TPSA) is 73.2 Å². The molecular weight excluding hydrogens is 378 g/mol. The van der Waals surface area contributed by atoms with Gasteiger partial charge in [-0.25, -0.2) is 0 Å². The molecule has 6 aliphatic rings. The zero-order chi connectivity index (χ0) is 21.5. The maximum absolute atomic E-state index is 12.3. The number of aliphatic hydroxyl groups is 2. The van der Waals surface area contributed by atoms with E-state index in [0.29, 0.717) is 18.2 Å². The SMILES string of the molecule is CN1CC[C@]23c4c5ccc(O)c4O[C@H]2[C@@]2(O)CCC3(C[C@@H]2[C@](C)(O)C(C)(C)C)[C@H]1C5. The van der Waals surface area contributed by atoms with Crippen molar-refractivity contribution >= 4 is 0 Å². The van der Waals surface area contributed by atoms with Crippen molar-refractivity contribution in [3.63, 3.8) is 0 Å². The van der Waals surface area contributed by atoms with Crippen molar-refractivity contribution in [1.29, 1.82) is 0 Å². The van der Waals surface area contributed by atoms with E-state index in [-0.39, 0.29) is 27.9 Å². The summed E-state index contributed by atoms with van der Waals surface area (Å²) < 4.78 is 6.58. The summed E-state index contributed by atoms with van der Waals surface area (Å²) >= 11 is 0. The van der Waals surface area contributed by atoms with E-state index < -0.39 is 17.3 Å². The number of likely N-dealkylation sites (tertiary alicyclic amines) is 1. The highest BCUT2D eigenvalue weighted by Crippen LogP contribution is 2.77. The van der Waals surface area contributed by atoms with Crippen LogP contribution in [0.5, 0.6) is 11.5 Å². The molecule has 1 aromatic rings. The van der Waals surface area contributed by atoms with E-state index in [9.17, 15) is 15.3 Å². The van der Waals surface area contributed by atoms with Crippen molar-refractivity contribution < 1.29 is 20.1 Å². The molecule has 164 valence electrons. The van der Waals surface area contributed by atoms with Crippen LogP contribution in [0.1, 0.15) is 64.5 Å². The third-order valence-corrected chi connectivity index (χ3v) is 10.5. The number of benzene rings is 1. The maximum Gasteiger partial charge on any atom is 0.165 e. The first-order chi connectivity index (χ1) is 13.9. The summed E-state index contributed by atoms with van der Waals surface area (Å²) in [6.07, 6.45) is 3.86. The number of rotatable bonds is 1. The van der Waals surface area contributed by atoms with E-state index in [1.165, 1.54) is 11.1 Å². The molecule has 4 bridgehead atoms. The van der Waals surface area contributed by atoms with Crippen LogP contribution in [0.25, 0.3) is 0 Å². The number of hydrogen-bond acceptors (Lipinski definition) is 5. The number of nitrogens with zero attached hydrogens (tertiary/aromatic N) is 1. The third kappa shape index (κ3) is 1.77. The number of phenolic OH excluding ortho intramolecular Hbond substituents is 1. The molecule has 3 saturated carbocycles. The van der Waals surface area contributed by atoms with E-state index in [0.717, 1.165) is 32.2 Å². The highest BCUT2D eigenvalue weighted by Gasteiger charge is 2.81. The van der Waals surface area contributed by atoms with Crippen LogP contribution in [-0.2, 0) is 11.8 Å². The molecule has 0 aromatic heterocycles. The molecule has 1 aromatic carbocycles. The first kappa shape index (κ1) is 19.4. The van der Waals surface area contributed by atoms with E-state index in [2.05, 4.69) is 38.8 Å². The van der Waals surface area contributed by atoms with Crippen LogP contribution in [0.2, 0.25) is 0 Å². The first-order valence-corrected chi connectivity index (χ1v) is 11.6. The number of phenols is 1. The quantitative estimate of drug-likeness (QED) is 0.660. The van der Waals surface area contributed by atoms with Crippen LogP contribution < -0.4 is 4.74 Å². The fourth-order valence-electron chi connectivity index (χ4n) is 8.54. The lowest BCUT2D eigenvalue weighted by molar-refractivity contribution is -0.304. The van der Waals surface area contributed by atoms with Gasteiger partial charge in [-0.1, -0.05) is 26.8 Å². The van der Waals surface area contributed by atoms with Gasteiger partial charge in [-0.3, -0.25) is 0 Å². The monoisotopic (exact) mass is 413 g/mol. The van der Waals surface area contributed by atoms with Crippen LogP contribution in [0.15, 0.2) is 12.1 Å². The molecular formula is C25H35NO4. The number of ether oxygens (including phenoxy) is 1. The van der Waals surface area contributed by atoms with Crippen LogP contribution in [0.4, 0.5) is 0 Å². The van der Waals surface area contributed by atoms with Crippen LogP contribution in [0.3, 0.4) is 0 Å². The summed E-state index contributed by atoms with van der Waals surface area (Å²) in [4.78, 5) is 2.51. The van der Waals surface area contributed by atoms with E-state index in [4.69, 9.17) is 4.74 Å². The molecule has 1 unspecified atom stereocenters. The second-order valence-electron chi connectivity index (χ2n) is 12.2. The third-order valence-electron chi connectivity index (χ3n) is 10.5. The highest BCUT2D eigenvalue weighted by molar-refractivity contribution is 5.63. The minimum absolute atomic E-state index is 0.0545. The van der Waals surface area contributed by atoms with Crippen molar-refractivity contribution in [2.45, 2.75) is 88.6 Å². The van der Waals surface area contributed by atoms with Gasteiger partial charge in [0.2, 0.25) is 0 Å². The molecule has 2 heterocycles. The summed E-state index contributed by atoms with van der Waals surface area (Å²) in [7, 11) is 2.23. The summed E-state index contributed by atoms with van der Waals surface area (Å²) in [5.41, 5.74) is -0.414. The van der Waals surface area contributed by atoms with Gasteiger partial charge in [0.05, 0.1) is 5.60 Å². The molecule has 4 aliphatic carbocycles. The van der Waals surface area contributed by atoms with Gasteiger partial charge >= 0.3 is 0 Å². The molecule has 7 rings (SSSR count). The molecule has 7 atom stereocenters. The van der Waals surface area contributed by atoms with Gasteiger partial charge in [0, 0.05) is 28.4 Å². The van der Waals surface area contributed by atoms with Crippen LogP contribution in [0, 0.1) is 16.7 Å². The van der Waals surface area contributed by atoms with Gasteiger partial charge < -0.3 is 25.0 Å². The number of hydrogen-bond donors (Lipinski definition) is 3. The Morgan fingerprint density at radius 1 is 1.13 bits per heavy atom. The van der Waals surface area contributed by atoms with Crippen molar-refractivity contribution in [1.82, 2.24) is 4.90 Å². The maximum atomic E-state index is 12.3. The number of aromatic hydroxyl groups is 1. The average molecular weight is 414 g/mol.